The minimum Gasteiger partial charge on any atom is -0.454 e. The molecule has 0 amide bonds. The molecule has 0 aliphatic heterocycles. The summed E-state index contributed by atoms with van der Waals surface area (Å²) in [5, 5.41) is 0.678. The summed E-state index contributed by atoms with van der Waals surface area (Å²) >= 11 is 6.80. The van der Waals surface area contributed by atoms with Crippen LogP contribution in [0.4, 0.5) is 0 Å². The summed E-state index contributed by atoms with van der Waals surface area (Å²) in [4.78, 5) is 29.9. The van der Waals surface area contributed by atoms with Gasteiger partial charge in [0.05, 0.1) is 16.8 Å². The highest BCUT2D eigenvalue weighted by Gasteiger charge is 2.17. The molecule has 0 radical (unpaired) electrons. The Hall–Kier alpha value is -2.83. The van der Waals surface area contributed by atoms with Gasteiger partial charge >= 0.3 is 5.97 Å². The van der Waals surface area contributed by atoms with E-state index in [9.17, 15) is 9.59 Å². The Labute approximate surface area is 190 Å². The Morgan fingerprint density at radius 1 is 0.833 bits per heavy atom. The van der Waals surface area contributed by atoms with E-state index in [1.54, 1.807) is 30.3 Å². The second kappa shape index (κ2) is 8.90. The van der Waals surface area contributed by atoms with Gasteiger partial charge in [-0.1, -0.05) is 74.3 Å². The lowest BCUT2D eigenvalue weighted by atomic mass is 10.0. The molecule has 1 heterocycles. The molecule has 6 heteroatoms. The van der Waals surface area contributed by atoms with Gasteiger partial charge in [-0.25, -0.2) is 9.78 Å². The van der Waals surface area contributed by atoms with Gasteiger partial charge in [-0.05, 0) is 36.4 Å². The van der Waals surface area contributed by atoms with Crippen LogP contribution in [0.1, 0.15) is 20.7 Å². The summed E-state index contributed by atoms with van der Waals surface area (Å²) < 4.78 is 7.15. The molecule has 0 aliphatic carbocycles. The van der Waals surface area contributed by atoms with E-state index in [2.05, 4.69) is 36.8 Å². The number of nitrogens with zero attached hydrogens (tertiary/aromatic N) is 1. The first kappa shape index (κ1) is 20.4. The summed E-state index contributed by atoms with van der Waals surface area (Å²) in [6, 6.07) is 23.7. The van der Waals surface area contributed by atoms with Crippen molar-refractivity contribution in [3.8, 4) is 11.3 Å². The van der Waals surface area contributed by atoms with Gasteiger partial charge in [-0.3, -0.25) is 4.79 Å². The molecular weight excluding hydrogens is 510 g/mol. The van der Waals surface area contributed by atoms with Gasteiger partial charge in [0.25, 0.3) is 0 Å². The maximum Gasteiger partial charge on any atom is 0.339 e. The molecule has 0 bridgehead atoms. The first-order valence-corrected chi connectivity index (χ1v) is 10.7. The summed E-state index contributed by atoms with van der Waals surface area (Å²) in [5.41, 5.74) is 3.07. The van der Waals surface area contributed by atoms with E-state index < -0.39 is 5.97 Å². The van der Waals surface area contributed by atoms with E-state index in [1.807, 2.05) is 48.5 Å². The van der Waals surface area contributed by atoms with E-state index in [4.69, 9.17) is 4.74 Å². The van der Waals surface area contributed by atoms with Crippen LogP contribution < -0.4 is 0 Å². The Morgan fingerprint density at radius 2 is 1.60 bits per heavy atom. The van der Waals surface area contributed by atoms with Crippen LogP contribution in [-0.4, -0.2) is 23.3 Å². The van der Waals surface area contributed by atoms with E-state index in [-0.39, 0.29) is 12.4 Å². The number of hydrogen-bond acceptors (Lipinski definition) is 4. The maximum absolute atomic E-state index is 12.9. The number of fused-ring (bicyclic) bond motifs is 1. The number of pyridine rings is 1. The van der Waals surface area contributed by atoms with Crippen molar-refractivity contribution >= 4 is 54.5 Å². The molecule has 4 aromatic rings. The lowest BCUT2D eigenvalue weighted by Crippen LogP contribution is -2.15. The number of benzene rings is 3. The van der Waals surface area contributed by atoms with Crippen LogP contribution in [0.15, 0.2) is 87.8 Å². The first-order valence-electron chi connectivity index (χ1n) is 9.13. The predicted octanol–water partition coefficient (Wildman–Crippen LogP) is 6.47. The van der Waals surface area contributed by atoms with Crippen molar-refractivity contribution in [1.82, 2.24) is 4.98 Å². The fourth-order valence-corrected chi connectivity index (χ4v) is 3.73. The zero-order valence-electron chi connectivity index (χ0n) is 15.6. The predicted molar refractivity (Wildman–Crippen MR) is 124 cm³/mol. The molecule has 0 fully saturated rings. The van der Waals surface area contributed by atoms with Crippen LogP contribution in [0, 0.1) is 0 Å². The number of esters is 1. The minimum absolute atomic E-state index is 0.263. The molecule has 0 unspecified atom stereocenters. The van der Waals surface area contributed by atoms with Crippen LogP contribution in [0.3, 0.4) is 0 Å². The lowest BCUT2D eigenvalue weighted by molar-refractivity contribution is 0.0476. The number of carbonyl (C=O) groups is 2. The third kappa shape index (κ3) is 4.50. The third-order valence-electron chi connectivity index (χ3n) is 4.56. The van der Waals surface area contributed by atoms with Crippen molar-refractivity contribution in [2.24, 2.45) is 0 Å². The van der Waals surface area contributed by atoms with E-state index in [0.717, 1.165) is 14.5 Å². The molecule has 148 valence electrons. The van der Waals surface area contributed by atoms with Gasteiger partial charge in [0, 0.05) is 25.5 Å². The highest BCUT2D eigenvalue weighted by atomic mass is 79.9. The second-order valence-corrected chi connectivity index (χ2v) is 8.42. The number of para-hydroxylation sites is 1. The van der Waals surface area contributed by atoms with Crippen LogP contribution >= 0.6 is 31.9 Å². The number of hydrogen-bond donors (Lipinski definition) is 0. The van der Waals surface area contributed by atoms with Crippen molar-refractivity contribution in [3.63, 3.8) is 0 Å². The monoisotopic (exact) mass is 523 g/mol. The number of halogens is 2. The molecule has 3 aromatic carbocycles. The molecule has 0 atom stereocenters. The zero-order chi connectivity index (χ0) is 21.1. The van der Waals surface area contributed by atoms with Crippen molar-refractivity contribution in [2.75, 3.05) is 6.61 Å². The number of ether oxygens (including phenoxy) is 1. The lowest BCUT2D eigenvalue weighted by Gasteiger charge is -2.10. The van der Waals surface area contributed by atoms with Crippen LogP contribution in [0.5, 0.6) is 0 Å². The summed E-state index contributed by atoms with van der Waals surface area (Å²) in [6.45, 7) is -0.330. The van der Waals surface area contributed by atoms with Gasteiger partial charge < -0.3 is 4.74 Å². The van der Waals surface area contributed by atoms with Gasteiger partial charge in [0.2, 0.25) is 0 Å². The first-order chi connectivity index (χ1) is 14.5. The quantitative estimate of drug-likeness (QED) is 0.222. The van der Waals surface area contributed by atoms with Crippen molar-refractivity contribution in [1.29, 1.82) is 0 Å². The Bertz CT molecular complexity index is 1250. The average Bonchev–Trinajstić information content (AvgIpc) is 2.77. The molecule has 0 saturated heterocycles. The Morgan fingerprint density at radius 3 is 2.37 bits per heavy atom. The van der Waals surface area contributed by atoms with E-state index >= 15 is 0 Å². The minimum atomic E-state index is -0.560. The van der Waals surface area contributed by atoms with Crippen molar-refractivity contribution in [3.05, 3.63) is 98.9 Å². The molecule has 0 spiro atoms. The standard InChI is InChI=1S/C24H15Br2NO3/c25-17-10-8-15(9-11-17)23(28)14-30-24(29)20-13-22(16-4-3-5-18(26)12-16)27-21-7-2-1-6-19(20)21/h1-13H,14H2. The van der Waals surface area contributed by atoms with Gasteiger partial charge in [-0.2, -0.15) is 0 Å². The van der Waals surface area contributed by atoms with E-state index in [0.29, 0.717) is 27.7 Å². The molecule has 4 rings (SSSR count). The fourth-order valence-electron chi connectivity index (χ4n) is 3.07. The number of Topliss-reactive ketones (excluding diaryl/α,β-unsaturated/α-hetero) is 1. The normalized spacial score (nSPS) is 10.7. The maximum atomic E-state index is 12.9. The largest absolute Gasteiger partial charge is 0.454 e. The summed E-state index contributed by atoms with van der Waals surface area (Å²) in [5.74, 6) is -0.822. The molecule has 0 N–H and O–H groups in total. The Kier molecular flexibility index (Phi) is 6.06. The zero-order valence-corrected chi connectivity index (χ0v) is 18.8. The molecule has 4 nitrogen and oxygen atoms in total. The number of rotatable bonds is 5. The van der Waals surface area contributed by atoms with Crippen LogP contribution in [0.25, 0.3) is 22.2 Å². The molecule has 0 saturated carbocycles. The molecule has 1 aromatic heterocycles. The molecular formula is C24H15Br2NO3. The van der Waals surface area contributed by atoms with Crippen LogP contribution in [0.2, 0.25) is 0 Å². The Balaban J connectivity index is 1.64. The number of aromatic nitrogens is 1. The summed E-state index contributed by atoms with van der Waals surface area (Å²) in [6.07, 6.45) is 0. The van der Waals surface area contributed by atoms with Gasteiger partial charge in [0.1, 0.15) is 0 Å². The number of carbonyl (C=O) groups excluding carboxylic acids is 2. The highest BCUT2D eigenvalue weighted by Crippen LogP contribution is 2.27. The number of ketones is 1. The molecule has 0 aliphatic rings. The third-order valence-corrected chi connectivity index (χ3v) is 5.58. The fraction of sp³-hybridized carbons (Fsp3) is 0.0417. The highest BCUT2D eigenvalue weighted by molar-refractivity contribution is 9.10. The van der Waals surface area contributed by atoms with Crippen molar-refractivity contribution < 1.29 is 14.3 Å². The average molecular weight is 525 g/mol. The van der Waals surface area contributed by atoms with Crippen LogP contribution in [-0.2, 0) is 4.74 Å². The van der Waals surface area contributed by atoms with Gasteiger partial charge in [0.15, 0.2) is 12.4 Å². The van der Waals surface area contributed by atoms with Gasteiger partial charge in [-0.15, -0.1) is 0 Å². The van der Waals surface area contributed by atoms with Crippen molar-refractivity contribution in [2.45, 2.75) is 0 Å². The summed E-state index contributed by atoms with van der Waals surface area (Å²) in [7, 11) is 0. The second-order valence-electron chi connectivity index (χ2n) is 6.59. The topological polar surface area (TPSA) is 56.3 Å². The smallest absolute Gasteiger partial charge is 0.339 e. The van der Waals surface area contributed by atoms with E-state index in [1.165, 1.54) is 0 Å². The SMILES string of the molecule is O=C(COC(=O)c1cc(-c2cccc(Br)c2)nc2ccccc12)c1ccc(Br)cc1. The molecule has 30 heavy (non-hydrogen) atoms.